The highest BCUT2D eigenvalue weighted by molar-refractivity contribution is 7.71. The molecule has 15 heavy (non-hydrogen) atoms. The molecule has 0 amide bonds. The van der Waals surface area contributed by atoms with Crippen molar-refractivity contribution in [2.45, 2.75) is 0 Å². The van der Waals surface area contributed by atoms with E-state index in [1.54, 1.807) is 22.9 Å². The second-order valence-electron chi connectivity index (χ2n) is 2.92. The number of benzene rings is 1. The highest BCUT2D eigenvalue weighted by Gasteiger charge is 2.07. The molecule has 0 aliphatic rings. The van der Waals surface area contributed by atoms with Crippen LogP contribution in [0.3, 0.4) is 0 Å². The van der Waals surface area contributed by atoms with Crippen molar-refractivity contribution in [3.05, 3.63) is 45.9 Å². The molecule has 0 bridgehead atoms. The summed E-state index contributed by atoms with van der Waals surface area (Å²) in [4.78, 5) is 13.6. The van der Waals surface area contributed by atoms with Crippen molar-refractivity contribution in [1.82, 2.24) is 9.55 Å². The van der Waals surface area contributed by atoms with Gasteiger partial charge in [0.25, 0.3) is 0 Å². The zero-order valence-corrected chi connectivity index (χ0v) is 9.18. The first-order chi connectivity index (χ1) is 7.24. The molecular formula is C10H7ClN2OS. The second-order valence-corrected chi connectivity index (χ2v) is 3.72. The Hall–Kier alpha value is -1.39. The number of carbonyl (C=O) groups excluding carboxylic acids is 1. The SMILES string of the molecule is O=Cc1c[nH]c(=S)n1-c1ccccc1Cl. The van der Waals surface area contributed by atoms with Gasteiger partial charge in [-0.25, -0.2) is 0 Å². The molecule has 2 aromatic rings. The number of imidazole rings is 1. The standard InChI is InChI=1S/C10H7ClN2OS/c11-8-3-1-2-4-9(8)13-7(6-14)5-12-10(13)15/h1-6H,(H,12,15). The predicted octanol–water partition coefficient (Wildman–Crippen LogP) is 3.00. The number of halogens is 1. The number of rotatable bonds is 2. The molecule has 0 aliphatic carbocycles. The van der Waals surface area contributed by atoms with E-state index >= 15 is 0 Å². The number of aromatic nitrogens is 2. The van der Waals surface area contributed by atoms with Gasteiger partial charge >= 0.3 is 0 Å². The summed E-state index contributed by atoms with van der Waals surface area (Å²) in [5, 5.41) is 0.552. The highest BCUT2D eigenvalue weighted by atomic mass is 35.5. The molecule has 0 spiro atoms. The van der Waals surface area contributed by atoms with Gasteiger partial charge in [-0.05, 0) is 24.4 Å². The number of nitrogens with zero attached hydrogens (tertiary/aromatic N) is 1. The molecule has 0 radical (unpaired) electrons. The summed E-state index contributed by atoms with van der Waals surface area (Å²) in [6, 6.07) is 7.21. The van der Waals surface area contributed by atoms with E-state index in [2.05, 4.69) is 4.98 Å². The molecule has 1 N–H and O–H groups in total. The number of para-hydroxylation sites is 1. The average molecular weight is 239 g/mol. The van der Waals surface area contributed by atoms with Crippen molar-refractivity contribution in [2.24, 2.45) is 0 Å². The van der Waals surface area contributed by atoms with Crippen LogP contribution in [0.2, 0.25) is 5.02 Å². The number of H-pyrrole nitrogens is 1. The second kappa shape index (κ2) is 4.00. The third-order valence-corrected chi connectivity index (χ3v) is 2.64. The maximum atomic E-state index is 10.8. The van der Waals surface area contributed by atoms with Crippen LogP contribution in [-0.4, -0.2) is 15.8 Å². The molecule has 0 unspecified atom stereocenters. The first-order valence-corrected chi connectivity index (χ1v) is 5.03. The molecule has 76 valence electrons. The Kier molecular flexibility index (Phi) is 2.70. The molecule has 1 heterocycles. The monoisotopic (exact) mass is 238 g/mol. The summed E-state index contributed by atoms with van der Waals surface area (Å²) in [6.07, 6.45) is 2.29. The van der Waals surface area contributed by atoms with E-state index in [1.165, 1.54) is 0 Å². The van der Waals surface area contributed by atoms with Gasteiger partial charge in [-0.1, -0.05) is 23.7 Å². The van der Waals surface area contributed by atoms with Gasteiger partial charge in [-0.2, -0.15) is 0 Å². The molecule has 0 atom stereocenters. The maximum absolute atomic E-state index is 10.8. The van der Waals surface area contributed by atoms with E-state index in [0.717, 1.165) is 6.29 Å². The van der Waals surface area contributed by atoms with E-state index in [0.29, 0.717) is 21.2 Å². The topological polar surface area (TPSA) is 37.8 Å². The van der Waals surface area contributed by atoms with Crippen molar-refractivity contribution in [1.29, 1.82) is 0 Å². The van der Waals surface area contributed by atoms with Crippen LogP contribution in [0.5, 0.6) is 0 Å². The zero-order valence-electron chi connectivity index (χ0n) is 7.61. The molecular weight excluding hydrogens is 232 g/mol. The quantitative estimate of drug-likeness (QED) is 0.645. The fraction of sp³-hybridized carbons (Fsp3) is 0. The van der Waals surface area contributed by atoms with Crippen molar-refractivity contribution in [2.75, 3.05) is 0 Å². The van der Waals surface area contributed by atoms with Crippen LogP contribution in [0.1, 0.15) is 10.5 Å². The summed E-state index contributed by atoms with van der Waals surface area (Å²) in [5.74, 6) is 0. The van der Waals surface area contributed by atoms with Gasteiger partial charge in [-0.3, -0.25) is 9.36 Å². The maximum Gasteiger partial charge on any atom is 0.182 e. The van der Waals surface area contributed by atoms with E-state index in [4.69, 9.17) is 23.8 Å². The average Bonchev–Trinajstić information content (AvgIpc) is 2.60. The lowest BCUT2D eigenvalue weighted by molar-refractivity contribution is 0.111. The molecule has 1 aromatic heterocycles. The normalized spacial score (nSPS) is 10.2. The largest absolute Gasteiger partial charge is 0.336 e. The van der Waals surface area contributed by atoms with Gasteiger partial charge in [0.2, 0.25) is 0 Å². The van der Waals surface area contributed by atoms with E-state index in [1.807, 2.05) is 12.1 Å². The predicted molar refractivity (Wildman–Crippen MR) is 61.4 cm³/mol. The molecule has 0 saturated heterocycles. The number of hydrogen-bond donors (Lipinski definition) is 1. The number of aromatic amines is 1. The molecule has 3 nitrogen and oxygen atoms in total. The van der Waals surface area contributed by atoms with Gasteiger partial charge in [-0.15, -0.1) is 0 Å². The van der Waals surface area contributed by atoms with Crippen molar-refractivity contribution >= 4 is 30.1 Å². The van der Waals surface area contributed by atoms with Crippen molar-refractivity contribution < 1.29 is 4.79 Å². The van der Waals surface area contributed by atoms with Crippen LogP contribution in [0, 0.1) is 4.77 Å². The number of carbonyl (C=O) groups is 1. The van der Waals surface area contributed by atoms with Gasteiger partial charge < -0.3 is 4.98 Å². The summed E-state index contributed by atoms with van der Waals surface area (Å²) in [7, 11) is 0. The third kappa shape index (κ3) is 1.73. The molecule has 0 saturated carbocycles. The molecule has 0 fully saturated rings. The van der Waals surface area contributed by atoms with Crippen LogP contribution >= 0.6 is 23.8 Å². The summed E-state index contributed by atoms with van der Waals surface area (Å²) >= 11 is 11.1. The molecule has 0 aliphatic heterocycles. The van der Waals surface area contributed by atoms with Crippen LogP contribution in [0.25, 0.3) is 5.69 Å². The van der Waals surface area contributed by atoms with Crippen molar-refractivity contribution in [3.8, 4) is 5.69 Å². The lowest BCUT2D eigenvalue weighted by atomic mass is 10.3. The Morgan fingerprint density at radius 3 is 2.80 bits per heavy atom. The van der Waals surface area contributed by atoms with E-state index in [-0.39, 0.29) is 0 Å². The van der Waals surface area contributed by atoms with E-state index < -0.39 is 0 Å². The van der Waals surface area contributed by atoms with Gasteiger partial charge in [0.15, 0.2) is 11.1 Å². The van der Waals surface area contributed by atoms with E-state index in [9.17, 15) is 4.79 Å². The van der Waals surface area contributed by atoms with Crippen LogP contribution in [-0.2, 0) is 0 Å². The van der Waals surface area contributed by atoms with Crippen LogP contribution in [0.15, 0.2) is 30.5 Å². The van der Waals surface area contributed by atoms with Gasteiger partial charge in [0.05, 0.1) is 10.7 Å². The summed E-state index contributed by atoms with van der Waals surface area (Å²) < 4.78 is 2.05. The fourth-order valence-electron chi connectivity index (χ4n) is 1.35. The number of nitrogens with one attached hydrogen (secondary N) is 1. The van der Waals surface area contributed by atoms with Crippen LogP contribution in [0.4, 0.5) is 0 Å². The van der Waals surface area contributed by atoms with Crippen LogP contribution < -0.4 is 0 Å². The fourth-order valence-corrected chi connectivity index (χ4v) is 1.83. The third-order valence-electron chi connectivity index (χ3n) is 2.02. The Labute approximate surface area is 96.3 Å². The first-order valence-electron chi connectivity index (χ1n) is 4.24. The molecule has 1 aromatic carbocycles. The van der Waals surface area contributed by atoms with Crippen molar-refractivity contribution in [3.63, 3.8) is 0 Å². The number of aldehydes is 1. The summed E-state index contributed by atoms with van der Waals surface area (Å²) in [6.45, 7) is 0. The van der Waals surface area contributed by atoms with Gasteiger partial charge in [0, 0.05) is 6.20 Å². The smallest absolute Gasteiger partial charge is 0.182 e. The Balaban J connectivity index is 2.74. The Bertz CT molecular complexity index is 559. The highest BCUT2D eigenvalue weighted by Crippen LogP contribution is 2.21. The zero-order chi connectivity index (χ0) is 10.8. The molecule has 2 rings (SSSR count). The summed E-state index contributed by atoms with van der Waals surface area (Å²) in [5.41, 5.74) is 1.15. The molecule has 5 heteroatoms. The Morgan fingerprint density at radius 2 is 2.13 bits per heavy atom. The minimum atomic E-state index is 0.449. The Morgan fingerprint density at radius 1 is 1.40 bits per heavy atom. The lowest BCUT2D eigenvalue weighted by Gasteiger charge is -2.05. The van der Waals surface area contributed by atoms with Gasteiger partial charge in [0.1, 0.15) is 5.69 Å². The minimum Gasteiger partial charge on any atom is -0.336 e. The number of hydrogen-bond acceptors (Lipinski definition) is 2. The first kappa shape index (κ1) is 10.1. The lowest BCUT2D eigenvalue weighted by Crippen LogP contribution is -1.99. The minimum absolute atomic E-state index is 0.449.